The molecule has 0 saturated carbocycles. The second-order valence-corrected chi connectivity index (χ2v) is 5.08. The van der Waals surface area contributed by atoms with Gasteiger partial charge >= 0.3 is 0 Å². The van der Waals surface area contributed by atoms with E-state index in [1.807, 2.05) is 6.07 Å². The third-order valence-corrected chi connectivity index (χ3v) is 3.63. The Hall–Kier alpha value is -2.21. The van der Waals surface area contributed by atoms with Crippen LogP contribution in [0.1, 0.15) is 5.56 Å². The fourth-order valence-electron chi connectivity index (χ4n) is 2.52. The quantitative estimate of drug-likeness (QED) is 0.941. The van der Waals surface area contributed by atoms with Crippen LogP contribution in [0.5, 0.6) is 5.75 Å². The van der Waals surface area contributed by atoms with Crippen LogP contribution in [0.25, 0.3) is 0 Å². The Balaban J connectivity index is 1.78. The molecule has 0 atom stereocenters. The van der Waals surface area contributed by atoms with Crippen LogP contribution in [0, 0.1) is 11.6 Å². The van der Waals surface area contributed by atoms with Crippen LogP contribution in [0.15, 0.2) is 36.7 Å². The Bertz CT molecular complexity index is 625. The first-order valence-corrected chi connectivity index (χ1v) is 7.21. The highest BCUT2D eigenvalue weighted by atomic mass is 19.1. The van der Waals surface area contributed by atoms with E-state index in [1.54, 1.807) is 12.4 Å². The van der Waals surface area contributed by atoms with Crippen molar-refractivity contribution < 1.29 is 13.5 Å². The van der Waals surface area contributed by atoms with Gasteiger partial charge in [-0.3, -0.25) is 4.98 Å². The number of aromatic nitrogens is 1. The van der Waals surface area contributed by atoms with Crippen molar-refractivity contribution in [1.82, 2.24) is 10.3 Å². The zero-order valence-electron chi connectivity index (χ0n) is 12.1. The Morgan fingerprint density at radius 1 is 1.14 bits per heavy atom. The predicted molar refractivity (Wildman–Crippen MR) is 80.0 cm³/mol. The molecule has 1 aliphatic rings. The van der Waals surface area contributed by atoms with Crippen molar-refractivity contribution in [1.29, 1.82) is 0 Å². The van der Waals surface area contributed by atoms with E-state index in [0.29, 0.717) is 0 Å². The molecule has 22 heavy (non-hydrogen) atoms. The maximum atomic E-state index is 13.6. The van der Waals surface area contributed by atoms with Crippen LogP contribution in [0.2, 0.25) is 0 Å². The summed E-state index contributed by atoms with van der Waals surface area (Å²) in [4.78, 5) is 6.30. The standard InChI is InChI=1S/C16H17F2N3O/c17-13-2-1-3-14(18)16(13)22-11-12-10-20-5-4-15(12)21-8-6-19-7-9-21/h1-5,10,19H,6-9,11H2. The zero-order valence-corrected chi connectivity index (χ0v) is 12.1. The molecule has 3 rings (SSSR count). The van der Waals surface area contributed by atoms with E-state index < -0.39 is 11.6 Å². The lowest BCUT2D eigenvalue weighted by atomic mass is 10.2. The molecule has 0 amide bonds. The number of nitrogens with zero attached hydrogens (tertiary/aromatic N) is 2. The summed E-state index contributed by atoms with van der Waals surface area (Å²) in [6.07, 6.45) is 3.39. The average Bonchev–Trinajstić information content (AvgIpc) is 2.56. The molecular weight excluding hydrogens is 288 g/mol. The largest absolute Gasteiger partial charge is 0.483 e. The summed E-state index contributed by atoms with van der Waals surface area (Å²) in [7, 11) is 0. The molecule has 0 bridgehead atoms. The van der Waals surface area contributed by atoms with Crippen LogP contribution in [-0.4, -0.2) is 31.2 Å². The molecule has 0 unspecified atom stereocenters. The van der Waals surface area contributed by atoms with Gasteiger partial charge in [0, 0.05) is 49.8 Å². The fraction of sp³-hybridized carbons (Fsp3) is 0.312. The predicted octanol–water partition coefficient (Wildman–Crippen LogP) is 2.35. The number of ether oxygens (including phenoxy) is 1. The number of hydrogen-bond acceptors (Lipinski definition) is 4. The molecule has 2 heterocycles. The number of para-hydroxylation sites is 1. The van der Waals surface area contributed by atoms with E-state index in [9.17, 15) is 8.78 Å². The van der Waals surface area contributed by atoms with Gasteiger partial charge < -0.3 is 15.0 Å². The molecule has 0 spiro atoms. The number of pyridine rings is 1. The van der Waals surface area contributed by atoms with Gasteiger partial charge in [0.2, 0.25) is 0 Å². The zero-order chi connectivity index (χ0) is 15.4. The maximum Gasteiger partial charge on any atom is 0.191 e. The lowest BCUT2D eigenvalue weighted by Gasteiger charge is -2.30. The van der Waals surface area contributed by atoms with Gasteiger partial charge in [-0.05, 0) is 18.2 Å². The van der Waals surface area contributed by atoms with Crippen LogP contribution in [0.3, 0.4) is 0 Å². The van der Waals surface area contributed by atoms with Crippen LogP contribution in [0.4, 0.5) is 14.5 Å². The minimum absolute atomic E-state index is 0.0744. The molecule has 6 heteroatoms. The van der Waals surface area contributed by atoms with Crippen LogP contribution >= 0.6 is 0 Å². The molecule has 1 aromatic carbocycles. The molecular formula is C16H17F2N3O. The fourth-order valence-corrected chi connectivity index (χ4v) is 2.52. The summed E-state index contributed by atoms with van der Waals surface area (Å²) in [6.45, 7) is 3.65. The molecule has 1 aliphatic heterocycles. The molecule has 2 aromatic rings. The first kappa shape index (κ1) is 14.7. The number of anilines is 1. The Kier molecular flexibility index (Phi) is 4.48. The smallest absolute Gasteiger partial charge is 0.191 e. The molecule has 0 aliphatic carbocycles. The average molecular weight is 305 g/mol. The van der Waals surface area contributed by atoms with Crippen molar-refractivity contribution in [2.75, 3.05) is 31.1 Å². The normalized spacial score (nSPS) is 14.9. The van der Waals surface area contributed by atoms with Gasteiger partial charge in [0.05, 0.1) is 0 Å². The number of nitrogens with one attached hydrogen (secondary N) is 1. The highest BCUT2D eigenvalue weighted by molar-refractivity contribution is 5.52. The van der Waals surface area contributed by atoms with Crippen LogP contribution < -0.4 is 15.0 Å². The summed E-state index contributed by atoms with van der Waals surface area (Å²) in [5.41, 5.74) is 1.81. The summed E-state index contributed by atoms with van der Waals surface area (Å²) in [5, 5.41) is 3.29. The molecule has 1 saturated heterocycles. The van der Waals surface area contributed by atoms with Crippen LogP contribution in [-0.2, 0) is 6.61 Å². The van der Waals surface area contributed by atoms with E-state index in [1.165, 1.54) is 18.2 Å². The van der Waals surface area contributed by atoms with Crippen molar-refractivity contribution in [3.05, 3.63) is 53.9 Å². The Morgan fingerprint density at radius 3 is 2.59 bits per heavy atom. The monoisotopic (exact) mass is 305 g/mol. The van der Waals surface area contributed by atoms with Gasteiger partial charge in [-0.15, -0.1) is 0 Å². The van der Waals surface area contributed by atoms with Gasteiger partial charge in [0.15, 0.2) is 17.4 Å². The summed E-state index contributed by atoms with van der Waals surface area (Å²) in [5.74, 6) is -1.75. The third-order valence-electron chi connectivity index (χ3n) is 3.63. The van der Waals surface area contributed by atoms with Crippen molar-refractivity contribution in [2.24, 2.45) is 0 Å². The van der Waals surface area contributed by atoms with E-state index in [4.69, 9.17) is 4.74 Å². The summed E-state index contributed by atoms with van der Waals surface area (Å²) in [6, 6.07) is 5.58. The molecule has 4 nitrogen and oxygen atoms in total. The second-order valence-electron chi connectivity index (χ2n) is 5.08. The second kappa shape index (κ2) is 6.70. The summed E-state index contributed by atoms with van der Waals surface area (Å²) < 4.78 is 32.6. The Morgan fingerprint density at radius 2 is 1.86 bits per heavy atom. The summed E-state index contributed by atoms with van der Waals surface area (Å²) >= 11 is 0. The lowest BCUT2D eigenvalue weighted by Crippen LogP contribution is -2.44. The molecule has 1 N–H and O–H groups in total. The van der Waals surface area contributed by atoms with E-state index >= 15 is 0 Å². The SMILES string of the molecule is Fc1cccc(F)c1OCc1cnccc1N1CCNCC1. The molecule has 1 aromatic heterocycles. The first-order chi connectivity index (χ1) is 10.8. The highest BCUT2D eigenvalue weighted by Crippen LogP contribution is 2.25. The van der Waals surface area contributed by atoms with E-state index in [2.05, 4.69) is 15.2 Å². The number of rotatable bonds is 4. The minimum atomic E-state index is -0.701. The highest BCUT2D eigenvalue weighted by Gasteiger charge is 2.16. The van der Waals surface area contributed by atoms with Gasteiger partial charge in [0.25, 0.3) is 0 Å². The van der Waals surface area contributed by atoms with Gasteiger partial charge in [0.1, 0.15) is 6.61 Å². The minimum Gasteiger partial charge on any atom is -0.483 e. The van der Waals surface area contributed by atoms with E-state index in [-0.39, 0.29) is 12.4 Å². The molecule has 0 radical (unpaired) electrons. The van der Waals surface area contributed by atoms with E-state index in [0.717, 1.165) is 37.4 Å². The first-order valence-electron chi connectivity index (χ1n) is 7.21. The van der Waals surface area contributed by atoms with Crippen molar-refractivity contribution in [2.45, 2.75) is 6.61 Å². The molecule has 1 fully saturated rings. The van der Waals surface area contributed by atoms with Crippen molar-refractivity contribution >= 4 is 5.69 Å². The number of benzene rings is 1. The van der Waals surface area contributed by atoms with Gasteiger partial charge in [-0.2, -0.15) is 0 Å². The van der Waals surface area contributed by atoms with Gasteiger partial charge in [-0.1, -0.05) is 6.07 Å². The maximum absolute atomic E-state index is 13.6. The van der Waals surface area contributed by atoms with Crippen molar-refractivity contribution in [3.63, 3.8) is 0 Å². The molecule has 116 valence electrons. The third kappa shape index (κ3) is 3.17. The topological polar surface area (TPSA) is 37.4 Å². The van der Waals surface area contributed by atoms with Crippen molar-refractivity contribution in [3.8, 4) is 5.75 Å². The number of hydrogen-bond donors (Lipinski definition) is 1. The Labute approximate surface area is 127 Å². The number of piperazine rings is 1. The van der Waals surface area contributed by atoms with Gasteiger partial charge in [-0.25, -0.2) is 8.78 Å². The number of halogens is 2. The lowest BCUT2D eigenvalue weighted by molar-refractivity contribution is 0.274.